The second-order valence-corrected chi connectivity index (χ2v) is 9.03. The molecule has 0 atom stereocenters. The quantitative estimate of drug-likeness (QED) is 0.586. The zero-order valence-electron chi connectivity index (χ0n) is 17.2. The molecular formula is C23H25ClN4OS. The Morgan fingerprint density at radius 1 is 1.10 bits per heavy atom. The van der Waals surface area contributed by atoms with Crippen molar-refractivity contribution in [3.05, 3.63) is 69.5 Å². The normalized spacial score (nSPS) is 14.7. The predicted octanol–water partition coefficient (Wildman–Crippen LogP) is 4.49. The van der Waals surface area contributed by atoms with Crippen molar-refractivity contribution < 1.29 is 4.79 Å². The summed E-state index contributed by atoms with van der Waals surface area (Å²) >= 11 is 7.65. The third-order valence-corrected chi connectivity index (χ3v) is 6.41. The number of hydrogen-bond acceptors (Lipinski definition) is 5. The second kappa shape index (κ2) is 9.16. The monoisotopic (exact) mass is 440 g/mol. The van der Waals surface area contributed by atoms with E-state index in [2.05, 4.69) is 10.3 Å². The number of thiazole rings is 1. The molecule has 30 heavy (non-hydrogen) atoms. The number of halogens is 1. The SMILES string of the molecule is CN(C)c1cccc(C(=O)N2CCN(Cc3nc(-c4ccc(Cl)cc4)cs3)CC2)c1. The minimum atomic E-state index is 0.109. The predicted molar refractivity (Wildman–Crippen MR) is 125 cm³/mol. The lowest BCUT2D eigenvalue weighted by Gasteiger charge is -2.34. The molecule has 7 heteroatoms. The van der Waals surface area contributed by atoms with E-state index in [-0.39, 0.29) is 5.91 Å². The van der Waals surface area contributed by atoms with Crippen LogP contribution in [0.2, 0.25) is 5.02 Å². The first kappa shape index (κ1) is 20.8. The van der Waals surface area contributed by atoms with E-state index < -0.39 is 0 Å². The fourth-order valence-electron chi connectivity index (χ4n) is 3.54. The first-order chi connectivity index (χ1) is 14.5. The molecule has 1 aliphatic rings. The van der Waals surface area contributed by atoms with Gasteiger partial charge >= 0.3 is 0 Å². The minimum Gasteiger partial charge on any atom is -0.378 e. The van der Waals surface area contributed by atoms with Gasteiger partial charge in [0, 0.05) is 67.5 Å². The Balaban J connectivity index is 1.33. The molecule has 0 aliphatic carbocycles. The van der Waals surface area contributed by atoms with Crippen LogP contribution in [0, 0.1) is 0 Å². The van der Waals surface area contributed by atoms with Gasteiger partial charge in [0.25, 0.3) is 5.91 Å². The number of nitrogens with zero attached hydrogens (tertiary/aromatic N) is 4. The van der Waals surface area contributed by atoms with Gasteiger partial charge < -0.3 is 9.80 Å². The Kier molecular flexibility index (Phi) is 6.37. The lowest BCUT2D eigenvalue weighted by Crippen LogP contribution is -2.48. The standard InChI is InChI=1S/C23H25ClN4OS/c1-26(2)20-5-3-4-18(14-20)23(29)28-12-10-27(11-13-28)15-22-25-21(16-30-22)17-6-8-19(24)9-7-17/h3-9,14,16H,10-13,15H2,1-2H3. The molecule has 1 aliphatic heterocycles. The number of anilines is 1. The molecule has 156 valence electrons. The molecule has 0 unspecified atom stereocenters. The topological polar surface area (TPSA) is 39.7 Å². The van der Waals surface area contributed by atoms with Crippen molar-refractivity contribution in [2.24, 2.45) is 0 Å². The van der Waals surface area contributed by atoms with E-state index in [4.69, 9.17) is 16.6 Å². The molecule has 3 aromatic rings. The molecule has 1 saturated heterocycles. The molecule has 0 radical (unpaired) electrons. The van der Waals surface area contributed by atoms with Crippen LogP contribution < -0.4 is 4.90 Å². The van der Waals surface area contributed by atoms with Crippen molar-refractivity contribution in [1.82, 2.24) is 14.8 Å². The summed E-state index contributed by atoms with van der Waals surface area (Å²) < 4.78 is 0. The number of aromatic nitrogens is 1. The van der Waals surface area contributed by atoms with Gasteiger partial charge in [-0.2, -0.15) is 0 Å². The van der Waals surface area contributed by atoms with Gasteiger partial charge in [0.2, 0.25) is 0 Å². The maximum absolute atomic E-state index is 12.9. The number of amides is 1. The Hall–Kier alpha value is -2.41. The van der Waals surface area contributed by atoms with Crippen LogP contribution in [0.5, 0.6) is 0 Å². The van der Waals surface area contributed by atoms with Crippen molar-refractivity contribution in [3.63, 3.8) is 0 Å². The Labute approximate surface area is 186 Å². The van der Waals surface area contributed by atoms with Crippen LogP contribution in [0.1, 0.15) is 15.4 Å². The highest BCUT2D eigenvalue weighted by atomic mass is 35.5. The number of piperazine rings is 1. The van der Waals surface area contributed by atoms with Gasteiger partial charge in [0.05, 0.1) is 12.2 Å². The van der Waals surface area contributed by atoms with Gasteiger partial charge in [-0.1, -0.05) is 29.8 Å². The number of carbonyl (C=O) groups is 1. The lowest BCUT2D eigenvalue weighted by atomic mass is 10.1. The summed E-state index contributed by atoms with van der Waals surface area (Å²) in [4.78, 5) is 24.0. The van der Waals surface area contributed by atoms with Gasteiger partial charge in [-0.25, -0.2) is 4.98 Å². The molecule has 0 N–H and O–H groups in total. The fraction of sp³-hybridized carbons (Fsp3) is 0.304. The lowest BCUT2D eigenvalue weighted by molar-refractivity contribution is 0.0628. The van der Waals surface area contributed by atoms with Gasteiger partial charge in [-0.05, 0) is 30.3 Å². The molecule has 0 bridgehead atoms. The Bertz CT molecular complexity index is 1010. The summed E-state index contributed by atoms with van der Waals surface area (Å²) in [6.45, 7) is 4.00. The molecular weight excluding hydrogens is 416 g/mol. The Morgan fingerprint density at radius 2 is 1.83 bits per heavy atom. The van der Waals surface area contributed by atoms with Crippen molar-refractivity contribution >= 4 is 34.5 Å². The van der Waals surface area contributed by atoms with Crippen LogP contribution in [0.25, 0.3) is 11.3 Å². The summed E-state index contributed by atoms with van der Waals surface area (Å²) in [6, 6.07) is 15.6. The number of benzene rings is 2. The van der Waals surface area contributed by atoms with E-state index >= 15 is 0 Å². The maximum atomic E-state index is 12.9. The van der Waals surface area contributed by atoms with Gasteiger partial charge in [0.15, 0.2) is 0 Å². The molecule has 1 aromatic heterocycles. The molecule has 2 aromatic carbocycles. The number of hydrogen-bond donors (Lipinski definition) is 0. The van der Waals surface area contributed by atoms with Crippen molar-refractivity contribution in [3.8, 4) is 11.3 Å². The molecule has 1 amide bonds. The van der Waals surface area contributed by atoms with E-state index in [0.29, 0.717) is 0 Å². The fourth-order valence-corrected chi connectivity index (χ4v) is 4.51. The van der Waals surface area contributed by atoms with Crippen molar-refractivity contribution in [2.45, 2.75) is 6.54 Å². The molecule has 1 fully saturated rings. The third-order valence-electron chi connectivity index (χ3n) is 5.32. The largest absolute Gasteiger partial charge is 0.378 e. The van der Waals surface area contributed by atoms with Crippen LogP contribution in [-0.4, -0.2) is 61.0 Å². The smallest absolute Gasteiger partial charge is 0.254 e. The van der Waals surface area contributed by atoms with E-state index in [1.807, 2.05) is 72.4 Å². The molecule has 2 heterocycles. The van der Waals surface area contributed by atoms with E-state index in [0.717, 1.165) is 65.3 Å². The third kappa shape index (κ3) is 4.83. The van der Waals surface area contributed by atoms with Crippen molar-refractivity contribution in [1.29, 1.82) is 0 Å². The van der Waals surface area contributed by atoms with E-state index in [1.165, 1.54) is 0 Å². The van der Waals surface area contributed by atoms with Crippen LogP contribution in [-0.2, 0) is 6.54 Å². The molecule has 0 saturated carbocycles. The number of rotatable bonds is 5. The van der Waals surface area contributed by atoms with Gasteiger partial charge in [0.1, 0.15) is 5.01 Å². The van der Waals surface area contributed by atoms with Crippen molar-refractivity contribution in [2.75, 3.05) is 45.2 Å². The molecule has 5 nitrogen and oxygen atoms in total. The highest BCUT2D eigenvalue weighted by Crippen LogP contribution is 2.24. The van der Waals surface area contributed by atoms with Crippen LogP contribution in [0.3, 0.4) is 0 Å². The summed E-state index contributed by atoms with van der Waals surface area (Å²) in [5, 5.41) is 3.92. The molecule has 0 spiro atoms. The molecule has 4 rings (SSSR count). The zero-order valence-corrected chi connectivity index (χ0v) is 18.8. The maximum Gasteiger partial charge on any atom is 0.254 e. The Morgan fingerprint density at radius 3 is 2.53 bits per heavy atom. The van der Waals surface area contributed by atoms with Crippen LogP contribution in [0.4, 0.5) is 5.69 Å². The van der Waals surface area contributed by atoms with Crippen LogP contribution in [0.15, 0.2) is 53.9 Å². The van der Waals surface area contributed by atoms with E-state index in [1.54, 1.807) is 11.3 Å². The van der Waals surface area contributed by atoms with Gasteiger partial charge in [-0.15, -0.1) is 11.3 Å². The zero-order chi connectivity index (χ0) is 21.1. The number of carbonyl (C=O) groups excluding carboxylic acids is 1. The first-order valence-corrected chi connectivity index (χ1v) is 11.2. The summed E-state index contributed by atoms with van der Waals surface area (Å²) in [6.07, 6.45) is 0. The van der Waals surface area contributed by atoms with E-state index in [9.17, 15) is 4.79 Å². The summed E-state index contributed by atoms with van der Waals surface area (Å²) in [5.74, 6) is 0.109. The first-order valence-electron chi connectivity index (χ1n) is 9.99. The average molecular weight is 441 g/mol. The summed E-state index contributed by atoms with van der Waals surface area (Å²) in [5.41, 5.74) is 3.86. The van der Waals surface area contributed by atoms with Gasteiger partial charge in [-0.3, -0.25) is 9.69 Å². The average Bonchev–Trinajstić information content (AvgIpc) is 3.23. The second-order valence-electron chi connectivity index (χ2n) is 7.65. The highest BCUT2D eigenvalue weighted by Gasteiger charge is 2.23. The highest BCUT2D eigenvalue weighted by molar-refractivity contribution is 7.09. The minimum absolute atomic E-state index is 0.109. The summed E-state index contributed by atoms with van der Waals surface area (Å²) in [7, 11) is 3.97. The van der Waals surface area contributed by atoms with Crippen LogP contribution >= 0.6 is 22.9 Å².